The van der Waals surface area contributed by atoms with Crippen LogP contribution >= 0.6 is 11.6 Å². The molecule has 0 atom stereocenters. The lowest BCUT2D eigenvalue weighted by Gasteiger charge is -2.17. The van der Waals surface area contributed by atoms with E-state index in [0.29, 0.717) is 0 Å². The fourth-order valence-electron chi connectivity index (χ4n) is 2.93. The molecular weight excluding hydrogens is 310 g/mol. The number of halogens is 1. The average Bonchev–Trinajstić information content (AvgIpc) is 3.26. The Bertz CT molecular complexity index is 836. The summed E-state index contributed by atoms with van der Waals surface area (Å²) in [7, 11) is 0. The second-order valence-electron chi connectivity index (χ2n) is 6.10. The van der Waals surface area contributed by atoms with Crippen LogP contribution in [-0.2, 0) is 11.8 Å². The monoisotopic (exact) mass is 327 g/mol. The molecule has 1 N–H and O–H groups in total. The summed E-state index contributed by atoms with van der Waals surface area (Å²) in [4.78, 5) is 0. The number of hydrogen-bond acceptors (Lipinski definition) is 4. The summed E-state index contributed by atoms with van der Waals surface area (Å²) in [5.74, 6) is 1.73. The van der Waals surface area contributed by atoms with Crippen LogP contribution in [0.5, 0.6) is 0 Å². The molecule has 1 aliphatic carbocycles. The van der Waals surface area contributed by atoms with Gasteiger partial charge >= 0.3 is 0 Å². The number of nitrogens with zero attached hydrogens (tertiary/aromatic N) is 4. The second-order valence-corrected chi connectivity index (χ2v) is 6.54. The molecule has 1 saturated carbocycles. The van der Waals surface area contributed by atoms with Crippen molar-refractivity contribution in [1.82, 2.24) is 19.8 Å². The summed E-state index contributed by atoms with van der Waals surface area (Å²) in [6.07, 6.45) is 3.19. The highest BCUT2D eigenvalue weighted by Gasteiger charge is 2.43. The van der Waals surface area contributed by atoms with Crippen LogP contribution in [0.15, 0.2) is 36.4 Å². The topological polar surface area (TPSA) is 55.1 Å². The minimum atomic E-state index is 0.210. The van der Waals surface area contributed by atoms with Crippen LogP contribution in [0.1, 0.15) is 31.2 Å². The first-order valence-electron chi connectivity index (χ1n) is 7.91. The molecule has 1 aromatic carbocycles. The molecule has 2 aromatic heterocycles. The number of aromatic nitrogens is 4. The molecule has 1 fully saturated rings. The van der Waals surface area contributed by atoms with E-state index in [-0.39, 0.29) is 5.41 Å². The van der Waals surface area contributed by atoms with Crippen molar-refractivity contribution < 1.29 is 0 Å². The van der Waals surface area contributed by atoms with E-state index in [1.54, 1.807) is 0 Å². The lowest BCUT2D eigenvalue weighted by atomic mass is 9.96. The molecule has 6 heteroatoms. The van der Waals surface area contributed by atoms with Crippen molar-refractivity contribution in [2.75, 3.05) is 11.9 Å². The van der Waals surface area contributed by atoms with Gasteiger partial charge in [0.2, 0.25) is 0 Å². The Hall–Kier alpha value is -2.14. The molecule has 2 heterocycles. The predicted molar refractivity (Wildman–Crippen MR) is 91.0 cm³/mol. The van der Waals surface area contributed by atoms with Crippen LogP contribution in [0.2, 0.25) is 5.02 Å². The number of benzene rings is 1. The van der Waals surface area contributed by atoms with E-state index in [0.717, 1.165) is 35.3 Å². The third-order valence-electron chi connectivity index (χ3n) is 4.56. The Morgan fingerprint density at radius 3 is 2.61 bits per heavy atom. The third kappa shape index (κ3) is 2.65. The minimum absolute atomic E-state index is 0.210. The molecular formula is C17H18ClN5. The Morgan fingerprint density at radius 1 is 1.13 bits per heavy atom. The van der Waals surface area contributed by atoms with E-state index < -0.39 is 0 Å². The van der Waals surface area contributed by atoms with E-state index in [1.165, 1.54) is 18.4 Å². The van der Waals surface area contributed by atoms with Crippen LogP contribution < -0.4 is 5.32 Å². The van der Waals surface area contributed by atoms with Crippen molar-refractivity contribution in [3.8, 4) is 0 Å². The summed E-state index contributed by atoms with van der Waals surface area (Å²) < 4.78 is 1.81. The Balaban J connectivity index is 1.53. The summed E-state index contributed by atoms with van der Waals surface area (Å²) in [6, 6.07) is 12.1. The molecule has 0 aliphatic heterocycles. The summed E-state index contributed by atoms with van der Waals surface area (Å²) in [5.41, 5.74) is 2.34. The van der Waals surface area contributed by atoms with E-state index in [4.69, 9.17) is 11.6 Å². The molecule has 118 valence electrons. The molecule has 0 radical (unpaired) electrons. The highest BCUT2D eigenvalue weighted by molar-refractivity contribution is 6.30. The van der Waals surface area contributed by atoms with Gasteiger partial charge in [-0.05, 0) is 42.7 Å². The van der Waals surface area contributed by atoms with Gasteiger partial charge in [-0.3, -0.25) is 0 Å². The Labute approximate surface area is 139 Å². The van der Waals surface area contributed by atoms with Crippen molar-refractivity contribution in [2.24, 2.45) is 0 Å². The first-order valence-corrected chi connectivity index (χ1v) is 8.29. The summed E-state index contributed by atoms with van der Waals surface area (Å²) >= 11 is 5.99. The Kier molecular flexibility index (Phi) is 3.45. The van der Waals surface area contributed by atoms with Crippen molar-refractivity contribution in [3.63, 3.8) is 0 Å². The fourth-order valence-corrected chi connectivity index (χ4v) is 3.06. The summed E-state index contributed by atoms with van der Waals surface area (Å²) in [6.45, 7) is 2.93. The van der Waals surface area contributed by atoms with Gasteiger partial charge in [0.1, 0.15) is 5.82 Å². The van der Waals surface area contributed by atoms with Crippen molar-refractivity contribution >= 4 is 23.1 Å². The van der Waals surface area contributed by atoms with E-state index in [2.05, 4.69) is 39.7 Å². The van der Waals surface area contributed by atoms with Gasteiger partial charge in [0.05, 0.1) is 0 Å². The highest BCUT2D eigenvalue weighted by Crippen LogP contribution is 2.48. The smallest absolute Gasteiger partial charge is 0.178 e. The molecule has 0 saturated heterocycles. The molecule has 5 nitrogen and oxygen atoms in total. The maximum absolute atomic E-state index is 5.99. The standard InChI is InChI=1S/C17H18ClN5/c1-2-15-20-21-16-8-7-14(22-23(15)16)19-11-17(9-10-17)12-3-5-13(18)6-4-12/h3-8H,2,9-11H2,1H3,(H,19,22). The normalized spacial score (nSPS) is 15.7. The zero-order chi connectivity index (χ0) is 15.9. The van der Waals surface area contributed by atoms with Gasteiger partial charge in [-0.2, -0.15) is 4.52 Å². The number of hydrogen-bond donors (Lipinski definition) is 1. The van der Waals surface area contributed by atoms with Crippen molar-refractivity contribution in [3.05, 3.63) is 52.8 Å². The lowest BCUT2D eigenvalue weighted by Crippen LogP contribution is -2.20. The van der Waals surface area contributed by atoms with Gasteiger partial charge in [0.15, 0.2) is 11.5 Å². The van der Waals surface area contributed by atoms with Gasteiger partial charge in [0, 0.05) is 23.4 Å². The van der Waals surface area contributed by atoms with Crippen LogP contribution in [0.3, 0.4) is 0 Å². The minimum Gasteiger partial charge on any atom is -0.368 e. The number of nitrogens with one attached hydrogen (secondary N) is 1. The first kappa shape index (κ1) is 14.5. The zero-order valence-corrected chi connectivity index (χ0v) is 13.7. The van der Waals surface area contributed by atoms with Crippen LogP contribution in [0.4, 0.5) is 5.82 Å². The summed E-state index contributed by atoms with van der Waals surface area (Å²) in [5, 5.41) is 17.1. The first-order chi connectivity index (χ1) is 11.2. The van der Waals surface area contributed by atoms with Gasteiger partial charge in [-0.15, -0.1) is 15.3 Å². The van der Waals surface area contributed by atoms with Gasteiger partial charge in [-0.1, -0.05) is 30.7 Å². The molecule has 0 unspecified atom stereocenters. The van der Waals surface area contributed by atoms with Crippen molar-refractivity contribution in [2.45, 2.75) is 31.6 Å². The second kappa shape index (κ2) is 5.49. The van der Waals surface area contributed by atoms with Gasteiger partial charge in [-0.25, -0.2) is 0 Å². The van der Waals surface area contributed by atoms with Crippen LogP contribution in [0.25, 0.3) is 5.65 Å². The fraction of sp³-hybridized carbons (Fsp3) is 0.353. The molecule has 4 rings (SSSR count). The van der Waals surface area contributed by atoms with Gasteiger partial charge in [0.25, 0.3) is 0 Å². The number of anilines is 1. The largest absolute Gasteiger partial charge is 0.368 e. The average molecular weight is 328 g/mol. The third-order valence-corrected chi connectivity index (χ3v) is 4.81. The zero-order valence-electron chi connectivity index (χ0n) is 13.0. The highest BCUT2D eigenvalue weighted by atomic mass is 35.5. The van der Waals surface area contributed by atoms with E-state index in [1.807, 2.05) is 28.8 Å². The SMILES string of the molecule is CCc1nnc2ccc(NCC3(c4ccc(Cl)cc4)CC3)nn12. The predicted octanol–water partition coefficient (Wildman–Crippen LogP) is 3.48. The Morgan fingerprint density at radius 2 is 1.91 bits per heavy atom. The molecule has 3 aromatic rings. The molecule has 0 amide bonds. The van der Waals surface area contributed by atoms with E-state index in [9.17, 15) is 0 Å². The maximum Gasteiger partial charge on any atom is 0.178 e. The quantitative estimate of drug-likeness (QED) is 0.779. The molecule has 1 aliphatic rings. The molecule has 0 bridgehead atoms. The van der Waals surface area contributed by atoms with Crippen LogP contribution in [-0.4, -0.2) is 26.4 Å². The molecule has 23 heavy (non-hydrogen) atoms. The van der Waals surface area contributed by atoms with Crippen LogP contribution in [0, 0.1) is 0 Å². The molecule has 0 spiro atoms. The number of rotatable bonds is 5. The van der Waals surface area contributed by atoms with Crippen molar-refractivity contribution in [1.29, 1.82) is 0 Å². The number of fused-ring (bicyclic) bond motifs is 1. The lowest BCUT2D eigenvalue weighted by molar-refractivity contribution is 0.724. The number of aryl methyl sites for hydroxylation is 1. The van der Waals surface area contributed by atoms with E-state index >= 15 is 0 Å². The maximum atomic E-state index is 5.99. The van der Waals surface area contributed by atoms with Gasteiger partial charge < -0.3 is 5.32 Å².